The molecule has 104 valence electrons. The quantitative estimate of drug-likeness (QED) is 0.686. The lowest BCUT2D eigenvalue weighted by atomic mass is 9.99. The lowest BCUT2D eigenvalue weighted by Gasteiger charge is -2.16. The van der Waals surface area contributed by atoms with Crippen LogP contribution in [0.25, 0.3) is 0 Å². The molecule has 3 nitrogen and oxygen atoms in total. The molecule has 0 rings (SSSR count). The molecule has 0 aliphatic carbocycles. The zero-order valence-electron chi connectivity index (χ0n) is 12.3. The van der Waals surface area contributed by atoms with Gasteiger partial charge in [0, 0.05) is 0 Å². The minimum atomic E-state index is -0.739. The summed E-state index contributed by atoms with van der Waals surface area (Å²) in [6.07, 6.45) is 5.84. The summed E-state index contributed by atoms with van der Waals surface area (Å²) in [4.78, 5) is 10.7. The van der Waals surface area contributed by atoms with Gasteiger partial charge >= 0.3 is 5.97 Å². The van der Waals surface area contributed by atoms with Gasteiger partial charge in [0.1, 0.15) is 6.04 Å². The van der Waals surface area contributed by atoms with Gasteiger partial charge in [-0.1, -0.05) is 60.3 Å². The Morgan fingerprint density at radius 1 is 1.18 bits per heavy atom. The van der Waals surface area contributed by atoms with E-state index in [-0.39, 0.29) is 6.04 Å². The average molecular weight is 245 g/mol. The van der Waals surface area contributed by atoms with Crippen LogP contribution < -0.4 is 5.32 Å². The maximum absolute atomic E-state index is 10.7. The molecule has 0 heterocycles. The second-order valence-electron chi connectivity index (χ2n) is 4.55. The van der Waals surface area contributed by atoms with Gasteiger partial charge in [-0.15, -0.1) is 0 Å². The number of carboxylic acids is 1. The van der Waals surface area contributed by atoms with Gasteiger partial charge in [-0.3, -0.25) is 4.79 Å². The van der Waals surface area contributed by atoms with Crippen molar-refractivity contribution < 1.29 is 9.90 Å². The number of nitrogens with one attached hydrogen (secondary N) is 1. The third-order valence-corrected chi connectivity index (χ3v) is 2.79. The van der Waals surface area contributed by atoms with E-state index >= 15 is 0 Å². The summed E-state index contributed by atoms with van der Waals surface area (Å²) in [7, 11) is 0. The Kier molecular flexibility index (Phi) is 14.9. The van der Waals surface area contributed by atoms with E-state index in [1.165, 1.54) is 19.3 Å². The number of rotatable bonds is 8. The summed E-state index contributed by atoms with van der Waals surface area (Å²) in [5.41, 5.74) is 0. The minimum Gasteiger partial charge on any atom is -0.480 e. The number of hydrogen-bond donors (Lipinski definition) is 2. The molecular formula is C14H31NO2. The number of likely N-dealkylation sites (N-methyl/N-ethyl adjacent to an activating group) is 1. The smallest absolute Gasteiger partial charge is 0.320 e. The van der Waals surface area contributed by atoms with Gasteiger partial charge in [0.25, 0.3) is 0 Å². The summed E-state index contributed by atoms with van der Waals surface area (Å²) >= 11 is 0. The summed E-state index contributed by atoms with van der Waals surface area (Å²) in [6.45, 7) is 11.2. The Hall–Kier alpha value is -0.570. The van der Waals surface area contributed by atoms with Crippen molar-refractivity contribution in [3.05, 3.63) is 0 Å². The molecule has 0 aromatic rings. The fourth-order valence-corrected chi connectivity index (χ4v) is 1.44. The highest BCUT2D eigenvalue weighted by molar-refractivity contribution is 5.73. The lowest BCUT2D eigenvalue weighted by molar-refractivity contribution is -0.139. The van der Waals surface area contributed by atoms with E-state index in [1.54, 1.807) is 0 Å². The molecule has 0 aromatic carbocycles. The van der Waals surface area contributed by atoms with E-state index in [0.29, 0.717) is 12.5 Å². The Bertz CT molecular complexity index is 170. The Morgan fingerprint density at radius 3 is 1.94 bits per heavy atom. The molecule has 2 atom stereocenters. The number of hydrogen-bond acceptors (Lipinski definition) is 2. The molecule has 17 heavy (non-hydrogen) atoms. The molecule has 0 amide bonds. The number of aliphatic carboxylic acids is 1. The Labute approximate surface area is 107 Å². The minimum absolute atomic E-state index is 0.370. The van der Waals surface area contributed by atoms with Crippen LogP contribution in [0.2, 0.25) is 0 Å². The second-order valence-corrected chi connectivity index (χ2v) is 4.55. The van der Waals surface area contributed by atoms with Crippen molar-refractivity contribution in [3.63, 3.8) is 0 Å². The fourth-order valence-electron chi connectivity index (χ4n) is 1.44. The molecule has 0 fully saturated rings. The average Bonchev–Trinajstić information content (AvgIpc) is 2.30. The van der Waals surface area contributed by atoms with E-state index in [2.05, 4.69) is 33.0 Å². The largest absolute Gasteiger partial charge is 0.480 e. The van der Waals surface area contributed by atoms with Crippen molar-refractivity contribution in [2.75, 3.05) is 6.54 Å². The first-order valence-corrected chi connectivity index (χ1v) is 6.99. The first-order valence-electron chi connectivity index (χ1n) is 6.99. The monoisotopic (exact) mass is 245 g/mol. The van der Waals surface area contributed by atoms with Gasteiger partial charge in [-0.25, -0.2) is 0 Å². The topological polar surface area (TPSA) is 49.3 Å². The Morgan fingerprint density at radius 2 is 1.71 bits per heavy atom. The summed E-state index contributed by atoms with van der Waals surface area (Å²) in [5.74, 6) is -0.262. The Balaban J connectivity index is 0. The molecule has 3 heteroatoms. The highest BCUT2D eigenvalue weighted by Gasteiger charge is 2.17. The highest BCUT2D eigenvalue weighted by Crippen LogP contribution is 2.09. The molecule has 0 aliphatic heterocycles. The van der Waals surface area contributed by atoms with Crippen LogP contribution in [-0.4, -0.2) is 23.7 Å². The van der Waals surface area contributed by atoms with E-state index in [4.69, 9.17) is 5.11 Å². The second kappa shape index (κ2) is 13.5. The van der Waals surface area contributed by atoms with Crippen molar-refractivity contribution >= 4 is 5.97 Å². The normalized spacial score (nSPS) is 13.5. The van der Waals surface area contributed by atoms with Gasteiger partial charge in [-0.2, -0.15) is 0 Å². The van der Waals surface area contributed by atoms with Crippen LogP contribution in [0.5, 0.6) is 0 Å². The summed E-state index contributed by atoms with van der Waals surface area (Å²) < 4.78 is 0. The zero-order valence-corrected chi connectivity index (χ0v) is 12.3. The first kappa shape index (κ1) is 18.8. The number of carboxylic acid groups (broad SMARTS) is 1. The highest BCUT2D eigenvalue weighted by atomic mass is 16.4. The first-order chi connectivity index (χ1) is 8.03. The van der Waals surface area contributed by atoms with Crippen molar-refractivity contribution in [3.8, 4) is 0 Å². The lowest BCUT2D eigenvalue weighted by Crippen LogP contribution is -2.37. The maximum Gasteiger partial charge on any atom is 0.320 e. The molecule has 0 spiro atoms. The van der Waals surface area contributed by atoms with E-state index in [9.17, 15) is 4.79 Å². The predicted octanol–water partition coefficient (Wildman–Crippen LogP) is 3.68. The molecule has 0 bridgehead atoms. The van der Waals surface area contributed by atoms with Crippen molar-refractivity contribution in [2.24, 2.45) is 5.92 Å². The number of unbranched alkanes of at least 4 members (excludes halogenated alkanes) is 2. The molecule has 2 N–H and O–H groups in total. The fraction of sp³-hybridized carbons (Fsp3) is 0.929. The molecule has 0 saturated carbocycles. The van der Waals surface area contributed by atoms with Gasteiger partial charge < -0.3 is 10.4 Å². The van der Waals surface area contributed by atoms with Gasteiger partial charge in [-0.05, 0) is 18.9 Å². The number of carbonyl (C=O) groups is 1. The third-order valence-electron chi connectivity index (χ3n) is 2.79. The van der Waals surface area contributed by atoms with Gasteiger partial charge in [0.05, 0.1) is 0 Å². The molecule has 0 aromatic heterocycles. The van der Waals surface area contributed by atoms with Crippen LogP contribution in [0.1, 0.15) is 66.7 Å². The van der Waals surface area contributed by atoms with Crippen LogP contribution in [0.15, 0.2) is 0 Å². The van der Waals surface area contributed by atoms with Crippen molar-refractivity contribution in [2.45, 2.75) is 72.8 Å². The summed E-state index contributed by atoms with van der Waals surface area (Å²) in [5, 5.41) is 11.7. The summed E-state index contributed by atoms with van der Waals surface area (Å²) in [6, 6.07) is -0.370. The van der Waals surface area contributed by atoms with Crippen molar-refractivity contribution in [1.29, 1.82) is 0 Å². The molecular weight excluding hydrogens is 214 g/mol. The van der Waals surface area contributed by atoms with Crippen LogP contribution in [-0.2, 0) is 4.79 Å². The van der Waals surface area contributed by atoms with E-state index < -0.39 is 5.97 Å². The third kappa shape index (κ3) is 13.4. The van der Waals surface area contributed by atoms with Gasteiger partial charge in [0.2, 0.25) is 0 Å². The molecule has 2 unspecified atom stereocenters. The standard InChI is InChI=1S/C9H19NO2.C5H12/c1-4-7(3)6-8(9(11)12)10-5-2;1-3-5-4-2/h7-8,10H,4-6H2,1-3H3,(H,11,12);3-5H2,1-2H3. The van der Waals surface area contributed by atoms with Crippen molar-refractivity contribution in [1.82, 2.24) is 5.32 Å². The van der Waals surface area contributed by atoms with Crippen LogP contribution in [0.3, 0.4) is 0 Å². The maximum atomic E-state index is 10.7. The molecule has 0 saturated heterocycles. The SMILES string of the molecule is CCCCC.CCNC(CC(C)CC)C(=O)O. The zero-order chi connectivity index (χ0) is 13.7. The van der Waals surface area contributed by atoms with Crippen LogP contribution >= 0.6 is 0 Å². The van der Waals surface area contributed by atoms with Gasteiger partial charge in [0.15, 0.2) is 0 Å². The van der Waals surface area contributed by atoms with Crippen LogP contribution in [0, 0.1) is 5.92 Å². The van der Waals surface area contributed by atoms with E-state index in [1.807, 2.05) is 6.92 Å². The molecule has 0 radical (unpaired) electrons. The van der Waals surface area contributed by atoms with Crippen LogP contribution in [0.4, 0.5) is 0 Å². The van der Waals surface area contributed by atoms with E-state index in [0.717, 1.165) is 12.8 Å². The molecule has 0 aliphatic rings. The predicted molar refractivity (Wildman–Crippen MR) is 74.4 cm³/mol.